The number of rotatable bonds is 4. The molecule has 0 amide bonds. The molecule has 94 valence electrons. The quantitative estimate of drug-likeness (QED) is 0.831. The predicted molar refractivity (Wildman–Crippen MR) is 74.2 cm³/mol. The lowest BCUT2D eigenvalue weighted by molar-refractivity contribution is 0.262. The van der Waals surface area contributed by atoms with Gasteiger partial charge in [-0.2, -0.15) is 0 Å². The molecular weight excluding hydrogens is 206 g/mol. The van der Waals surface area contributed by atoms with Crippen molar-refractivity contribution in [2.45, 2.75) is 58.0 Å². The van der Waals surface area contributed by atoms with E-state index in [9.17, 15) is 0 Å². The van der Waals surface area contributed by atoms with Gasteiger partial charge in [0.25, 0.3) is 0 Å². The van der Waals surface area contributed by atoms with Gasteiger partial charge >= 0.3 is 0 Å². The van der Waals surface area contributed by atoms with Gasteiger partial charge in [-0.1, -0.05) is 50.1 Å². The molecule has 1 nitrogen and oxygen atoms in total. The van der Waals surface area contributed by atoms with E-state index in [1.54, 1.807) is 0 Å². The third kappa shape index (κ3) is 3.85. The van der Waals surface area contributed by atoms with Crippen LogP contribution in [0, 0.1) is 5.92 Å². The number of hydrogen-bond acceptors (Lipinski definition) is 1. The minimum absolute atomic E-state index is 0.586. The maximum atomic E-state index is 3.82. The number of hydrogen-bond donors (Lipinski definition) is 1. The fourth-order valence-corrected chi connectivity index (χ4v) is 2.96. The van der Waals surface area contributed by atoms with Gasteiger partial charge in [0.2, 0.25) is 0 Å². The van der Waals surface area contributed by atoms with Gasteiger partial charge in [-0.25, -0.2) is 0 Å². The van der Waals surface area contributed by atoms with Crippen molar-refractivity contribution >= 4 is 0 Å². The van der Waals surface area contributed by atoms with Crippen LogP contribution in [0.15, 0.2) is 30.3 Å². The third-order valence-corrected chi connectivity index (χ3v) is 3.99. The Kier molecular flexibility index (Phi) is 4.61. The predicted octanol–water partition coefficient (Wildman–Crippen LogP) is 3.79. The van der Waals surface area contributed by atoms with Gasteiger partial charge in [0.05, 0.1) is 0 Å². The van der Waals surface area contributed by atoms with Crippen LogP contribution in [0.4, 0.5) is 0 Å². The Bertz CT molecular complexity index is 320. The molecule has 3 unspecified atom stereocenters. The van der Waals surface area contributed by atoms with Gasteiger partial charge in [-0.3, -0.25) is 0 Å². The fraction of sp³-hybridized carbons (Fsp3) is 0.625. The van der Waals surface area contributed by atoms with E-state index in [2.05, 4.69) is 49.5 Å². The zero-order valence-corrected chi connectivity index (χ0v) is 11.2. The molecular formula is C16H25N. The Hall–Kier alpha value is -0.820. The summed E-state index contributed by atoms with van der Waals surface area (Å²) in [5.41, 5.74) is 1.44. The summed E-state index contributed by atoms with van der Waals surface area (Å²) in [5.74, 6) is 0.849. The third-order valence-electron chi connectivity index (χ3n) is 3.99. The maximum absolute atomic E-state index is 3.82. The molecule has 17 heavy (non-hydrogen) atoms. The van der Waals surface area contributed by atoms with Gasteiger partial charge in [-0.05, 0) is 37.7 Å². The summed E-state index contributed by atoms with van der Waals surface area (Å²) in [4.78, 5) is 0. The van der Waals surface area contributed by atoms with Gasteiger partial charge in [0.15, 0.2) is 0 Å². The van der Waals surface area contributed by atoms with Crippen LogP contribution in [-0.4, -0.2) is 12.1 Å². The van der Waals surface area contributed by atoms with Crippen LogP contribution in [0.3, 0.4) is 0 Å². The highest BCUT2D eigenvalue weighted by Crippen LogP contribution is 2.24. The van der Waals surface area contributed by atoms with Gasteiger partial charge in [0.1, 0.15) is 0 Å². The number of benzene rings is 1. The molecule has 1 fully saturated rings. The van der Waals surface area contributed by atoms with Crippen LogP contribution in [0.5, 0.6) is 0 Å². The standard InChI is InChI=1S/C16H25N/c1-13-8-6-7-11-16(13)17-14(2)12-15-9-4-3-5-10-15/h3-5,9-10,13-14,16-17H,6-8,11-12H2,1-2H3. The van der Waals surface area contributed by atoms with Crippen LogP contribution in [-0.2, 0) is 6.42 Å². The monoisotopic (exact) mass is 231 g/mol. The lowest BCUT2D eigenvalue weighted by Gasteiger charge is -2.32. The van der Waals surface area contributed by atoms with Crippen molar-refractivity contribution in [2.24, 2.45) is 5.92 Å². The van der Waals surface area contributed by atoms with E-state index in [0.29, 0.717) is 6.04 Å². The largest absolute Gasteiger partial charge is 0.311 e. The van der Waals surface area contributed by atoms with Crippen molar-refractivity contribution < 1.29 is 0 Å². The van der Waals surface area contributed by atoms with Crippen molar-refractivity contribution in [3.8, 4) is 0 Å². The summed E-state index contributed by atoms with van der Waals surface area (Å²) < 4.78 is 0. The van der Waals surface area contributed by atoms with Crippen LogP contribution in [0.1, 0.15) is 45.1 Å². The molecule has 1 heteroatoms. The van der Waals surface area contributed by atoms with Crippen molar-refractivity contribution in [2.75, 3.05) is 0 Å². The molecule has 1 N–H and O–H groups in total. The first kappa shape index (κ1) is 12.6. The van der Waals surface area contributed by atoms with E-state index >= 15 is 0 Å². The average Bonchev–Trinajstić information content (AvgIpc) is 2.33. The molecule has 0 spiro atoms. The first-order valence-corrected chi connectivity index (χ1v) is 7.05. The molecule has 0 radical (unpaired) electrons. The second-order valence-corrected chi connectivity index (χ2v) is 5.63. The Morgan fingerprint density at radius 3 is 2.59 bits per heavy atom. The molecule has 0 bridgehead atoms. The second kappa shape index (κ2) is 6.20. The van der Waals surface area contributed by atoms with E-state index in [-0.39, 0.29) is 0 Å². The summed E-state index contributed by atoms with van der Waals surface area (Å²) in [6.45, 7) is 4.71. The number of nitrogens with one attached hydrogen (secondary N) is 1. The summed E-state index contributed by atoms with van der Waals surface area (Å²) in [7, 11) is 0. The van der Waals surface area contributed by atoms with Crippen molar-refractivity contribution in [1.29, 1.82) is 0 Å². The molecule has 3 atom stereocenters. The Balaban J connectivity index is 1.82. The van der Waals surface area contributed by atoms with Gasteiger partial charge in [0, 0.05) is 12.1 Å². The zero-order valence-electron chi connectivity index (χ0n) is 11.2. The summed E-state index contributed by atoms with van der Waals surface area (Å²) >= 11 is 0. The molecule has 1 aromatic rings. The van der Waals surface area contributed by atoms with E-state index in [0.717, 1.165) is 18.4 Å². The van der Waals surface area contributed by atoms with E-state index in [1.807, 2.05) is 0 Å². The molecule has 0 aliphatic heterocycles. The van der Waals surface area contributed by atoms with Gasteiger partial charge < -0.3 is 5.32 Å². The molecule has 1 aromatic carbocycles. The van der Waals surface area contributed by atoms with Gasteiger partial charge in [-0.15, -0.1) is 0 Å². The van der Waals surface area contributed by atoms with E-state index < -0.39 is 0 Å². The Morgan fingerprint density at radius 1 is 1.18 bits per heavy atom. The molecule has 1 aliphatic rings. The Morgan fingerprint density at radius 2 is 1.88 bits per heavy atom. The minimum atomic E-state index is 0.586. The SMILES string of the molecule is CC(Cc1ccccc1)NC1CCCCC1C. The smallest absolute Gasteiger partial charge is 0.00952 e. The Labute approximate surface area is 106 Å². The highest BCUT2D eigenvalue weighted by atomic mass is 14.9. The minimum Gasteiger partial charge on any atom is -0.311 e. The summed E-state index contributed by atoms with van der Waals surface area (Å²) in [6.07, 6.45) is 6.73. The second-order valence-electron chi connectivity index (χ2n) is 5.63. The fourth-order valence-electron chi connectivity index (χ4n) is 2.96. The van der Waals surface area contributed by atoms with E-state index in [1.165, 1.54) is 31.2 Å². The molecule has 2 rings (SSSR count). The topological polar surface area (TPSA) is 12.0 Å². The average molecular weight is 231 g/mol. The normalized spacial score (nSPS) is 26.7. The molecule has 0 saturated heterocycles. The van der Waals surface area contributed by atoms with Crippen LogP contribution >= 0.6 is 0 Å². The summed E-state index contributed by atoms with van der Waals surface area (Å²) in [6, 6.07) is 12.1. The van der Waals surface area contributed by atoms with Crippen LogP contribution in [0.25, 0.3) is 0 Å². The molecule has 1 saturated carbocycles. The van der Waals surface area contributed by atoms with Crippen LogP contribution < -0.4 is 5.32 Å². The molecule has 0 heterocycles. The van der Waals surface area contributed by atoms with Crippen LogP contribution in [0.2, 0.25) is 0 Å². The lowest BCUT2D eigenvalue weighted by Crippen LogP contribution is -2.43. The highest BCUT2D eigenvalue weighted by Gasteiger charge is 2.22. The maximum Gasteiger partial charge on any atom is 0.00952 e. The first-order chi connectivity index (χ1) is 8.25. The van der Waals surface area contributed by atoms with Crippen molar-refractivity contribution in [3.05, 3.63) is 35.9 Å². The van der Waals surface area contributed by atoms with Crippen molar-refractivity contribution in [3.63, 3.8) is 0 Å². The van der Waals surface area contributed by atoms with E-state index in [4.69, 9.17) is 0 Å². The molecule has 1 aliphatic carbocycles. The summed E-state index contributed by atoms with van der Waals surface area (Å²) in [5, 5.41) is 3.82. The zero-order chi connectivity index (χ0) is 12.1. The van der Waals surface area contributed by atoms with Crippen molar-refractivity contribution in [1.82, 2.24) is 5.32 Å². The highest BCUT2D eigenvalue weighted by molar-refractivity contribution is 5.15. The molecule has 0 aromatic heterocycles. The lowest BCUT2D eigenvalue weighted by atomic mass is 9.85. The first-order valence-electron chi connectivity index (χ1n) is 7.05.